The largest absolute Gasteiger partial charge is 0.350 e. The van der Waals surface area contributed by atoms with Gasteiger partial charge in [-0.2, -0.15) is 0 Å². The highest BCUT2D eigenvalue weighted by atomic mass is 35.5. The molecule has 2 aromatic rings. The zero-order valence-electron chi connectivity index (χ0n) is 9.94. The van der Waals surface area contributed by atoms with Crippen LogP contribution in [-0.4, -0.2) is 10.9 Å². The van der Waals surface area contributed by atoms with E-state index in [2.05, 4.69) is 10.3 Å². The predicted molar refractivity (Wildman–Crippen MR) is 73.9 cm³/mol. The Labute approximate surface area is 115 Å². The fourth-order valence-corrected chi connectivity index (χ4v) is 2.27. The van der Waals surface area contributed by atoms with Crippen LogP contribution < -0.4 is 5.32 Å². The fourth-order valence-electron chi connectivity index (χ4n) is 1.53. The Morgan fingerprint density at radius 2 is 2.11 bits per heavy atom. The summed E-state index contributed by atoms with van der Waals surface area (Å²) in [5, 5.41) is 6.49. The lowest BCUT2D eigenvalue weighted by Crippen LogP contribution is -2.24. The molecule has 0 aliphatic carbocycles. The third-order valence-corrected chi connectivity index (χ3v) is 3.49. The molecule has 0 unspecified atom stereocenters. The van der Waals surface area contributed by atoms with Gasteiger partial charge in [-0.15, -0.1) is 11.3 Å². The van der Waals surface area contributed by atoms with E-state index >= 15 is 0 Å². The Bertz CT molecular complexity index is 536. The summed E-state index contributed by atoms with van der Waals surface area (Å²) in [6.45, 7) is 2.43. The molecule has 1 aromatic heterocycles. The van der Waals surface area contributed by atoms with Gasteiger partial charge in [0.15, 0.2) is 0 Å². The maximum atomic E-state index is 11.7. The van der Waals surface area contributed by atoms with Gasteiger partial charge < -0.3 is 5.32 Å². The number of nitrogens with one attached hydrogen (secondary N) is 1. The van der Waals surface area contributed by atoms with Gasteiger partial charge in [-0.25, -0.2) is 4.98 Å². The van der Waals surface area contributed by atoms with E-state index in [0.717, 1.165) is 16.3 Å². The summed E-state index contributed by atoms with van der Waals surface area (Å²) < 4.78 is 0. The van der Waals surface area contributed by atoms with Crippen LogP contribution in [0.2, 0.25) is 5.02 Å². The smallest absolute Gasteiger partial charge is 0.224 e. The van der Waals surface area contributed by atoms with Crippen LogP contribution in [0.5, 0.6) is 0 Å². The van der Waals surface area contributed by atoms with Crippen molar-refractivity contribution in [2.45, 2.75) is 19.9 Å². The number of carbonyl (C=O) groups is 1. The van der Waals surface area contributed by atoms with Crippen LogP contribution in [0.4, 0.5) is 0 Å². The summed E-state index contributed by atoms with van der Waals surface area (Å²) in [6, 6.07) is 7.28. The van der Waals surface area contributed by atoms with Crippen molar-refractivity contribution in [3.05, 3.63) is 50.9 Å². The molecule has 0 saturated carbocycles. The van der Waals surface area contributed by atoms with Gasteiger partial charge in [0, 0.05) is 10.4 Å². The molecule has 1 aromatic carbocycles. The van der Waals surface area contributed by atoms with Gasteiger partial charge in [0.1, 0.15) is 0 Å². The number of amides is 1. The maximum absolute atomic E-state index is 11.7. The molecule has 1 N–H and O–H groups in total. The lowest BCUT2D eigenvalue weighted by molar-refractivity contribution is -0.120. The van der Waals surface area contributed by atoms with Crippen molar-refractivity contribution in [3.63, 3.8) is 0 Å². The van der Waals surface area contributed by atoms with E-state index in [9.17, 15) is 4.79 Å². The van der Waals surface area contributed by atoms with E-state index in [1.165, 1.54) is 0 Å². The average Bonchev–Trinajstić information content (AvgIpc) is 2.76. The third-order valence-electron chi connectivity index (χ3n) is 2.41. The summed E-state index contributed by atoms with van der Waals surface area (Å²) in [5.41, 5.74) is 1.85. The van der Waals surface area contributed by atoms with Crippen LogP contribution in [0, 0.1) is 6.92 Å². The molecular formula is C13H13ClN2OS. The average molecular weight is 281 g/mol. The summed E-state index contributed by atoms with van der Waals surface area (Å²) >= 11 is 7.37. The molecule has 1 heterocycles. The van der Waals surface area contributed by atoms with Crippen LogP contribution in [0.15, 0.2) is 29.6 Å². The molecule has 0 radical (unpaired) electrons. The minimum absolute atomic E-state index is 0.0111. The SMILES string of the molecule is Cc1nc(CNC(=O)Cc2ccc(Cl)cc2)cs1. The second-order valence-electron chi connectivity index (χ2n) is 3.94. The normalized spacial score (nSPS) is 10.3. The van der Waals surface area contributed by atoms with E-state index in [4.69, 9.17) is 11.6 Å². The van der Waals surface area contributed by atoms with Crippen LogP contribution in [-0.2, 0) is 17.8 Å². The van der Waals surface area contributed by atoms with Crippen LogP contribution in [0.25, 0.3) is 0 Å². The van der Waals surface area contributed by atoms with E-state index in [1.807, 2.05) is 24.4 Å². The van der Waals surface area contributed by atoms with E-state index in [0.29, 0.717) is 18.0 Å². The van der Waals surface area contributed by atoms with Gasteiger partial charge in [0.05, 0.1) is 23.7 Å². The molecule has 0 aliphatic heterocycles. The first-order valence-corrected chi connectivity index (χ1v) is 6.81. The van der Waals surface area contributed by atoms with Gasteiger partial charge in [0.2, 0.25) is 5.91 Å². The van der Waals surface area contributed by atoms with Crippen LogP contribution >= 0.6 is 22.9 Å². The lowest BCUT2D eigenvalue weighted by Gasteiger charge is -2.03. The predicted octanol–water partition coefficient (Wildman–Crippen LogP) is 2.96. The number of hydrogen-bond donors (Lipinski definition) is 1. The third kappa shape index (κ3) is 3.82. The highest BCUT2D eigenvalue weighted by molar-refractivity contribution is 7.09. The summed E-state index contributed by atoms with van der Waals surface area (Å²) in [5.74, 6) is -0.0111. The molecule has 0 saturated heterocycles. The molecule has 3 nitrogen and oxygen atoms in total. The van der Waals surface area contributed by atoms with Crippen molar-refractivity contribution in [1.29, 1.82) is 0 Å². The fraction of sp³-hybridized carbons (Fsp3) is 0.231. The first-order valence-electron chi connectivity index (χ1n) is 5.55. The van der Waals surface area contributed by atoms with E-state index in [-0.39, 0.29) is 5.91 Å². The van der Waals surface area contributed by atoms with Gasteiger partial charge in [-0.1, -0.05) is 23.7 Å². The minimum atomic E-state index is -0.0111. The van der Waals surface area contributed by atoms with Gasteiger partial charge in [-0.05, 0) is 24.6 Å². The highest BCUT2D eigenvalue weighted by Gasteiger charge is 2.04. The lowest BCUT2D eigenvalue weighted by atomic mass is 10.1. The monoisotopic (exact) mass is 280 g/mol. The molecule has 1 amide bonds. The first-order chi connectivity index (χ1) is 8.63. The standard InChI is InChI=1S/C13H13ClN2OS/c1-9-16-12(8-18-9)7-15-13(17)6-10-2-4-11(14)5-3-10/h2-5,8H,6-7H2,1H3,(H,15,17). The molecule has 0 bridgehead atoms. The van der Waals surface area contributed by atoms with Crippen LogP contribution in [0.3, 0.4) is 0 Å². The number of halogens is 1. The number of rotatable bonds is 4. The Hall–Kier alpha value is -1.39. The number of carbonyl (C=O) groups excluding carboxylic acids is 1. The molecule has 94 valence electrons. The first kappa shape index (κ1) is 13.1. The van der Waals surface area contributed by atoms with Crippen molar-refractivity contribution in [2.24, 2.45) is 0 Å². The topological polar surface area (TPSA) is 42.0 Å². The van der Waals surface area contributed by atoms with Crippen molar-refractivity contribution < 1.29 is 4.79 Å². The number of aryl methyl sites for hydroxylation is 1. The zero-order valence-corrected chi connectivity index (χ0v) is 11.5. The molecule has 5 heteroatoms. The molecule has 18 heavy (non-hydrogen) atoms. The Kier molecular flexibility index (Phi) is 4.33. The van der Waals surface area contributed by atoms with Crippen LogP contribution in [0.1, 0.15) is 16.3 Å². The number of aromatic nitrogens is 1. The molecule has 0 spiro atoms. The molecule has 0 atom stereocenters. The summed E-state index contributed by atoms with van der Waals surface area (Å²) in [4.78, 5) is 16.0. The Balaban J connectivity index is 1.83. The molecule has 0 fully saturated rings. The summed E-state index contributed by atoms with van der Waals surface area (Å²) in [7, 11) is 0. The van der Waals surface area contributed by atoms with E-state index in [1.54, 1.807) is 23.5 Å². The number of benzene rings is 1. The quantitative estimate of drug-likeness (QED) is 0.935. The molecule has 0 aliphatic rings. The van der Waals surface area contributed by atoms with Gasteiger partial charge in [0.25, 0.3) is 0 Å². The van der Waals surface area contributed by atoms with E-state index < -0.39 is 0 Å². The van der Waals surface area contributed by atoms with Gasteiger partial charge in [-0.3, -0.25) is 4.79 Å². The van der Waals surface area contributed by atoms with Crippen molar-refractivity contribution in [1.82, 2.24) is 10.3 Å². The minimum Gasteiger partial charge on any atom is -0.350 e. The number of hydrogen-bond acceptors (Lipinski definition) is 3. The number of nitrogens with zero attached hydrogens (tertiary/aromatic N) is 1. The second kappa shape index (κ2) is 5.98. The maximum Gasteiger partial charge on any atom is 0.224 e. The molecule has 2 rings (SSSR count). The Morgan fingerprint density at radius 1 is 1.39 bits per heavy atom. The van der Waals surface area contributed by atoms with Crippen molar-refractivity contribution in [3.8, 4) is 0 Å². The summed E-state index contributed by atoms with van der Waals surface area (Å²) in [6.07, 6.45) is 0.361. The van der Waals surface area contributed by atoms with Crippen molar-refractivity contribution >= 4 is 28.8 Å². The number of thiazole rings is 1. The second-order valence-corrected chi connectivity index (χ2v) is 5.44. The Morgan fingerprint density at radius 3 is 2.72 bits per heavy atom. The van der Waals surface area contributed by atoms with Crippen molar-refractivity contribution in [2.75, 3.05) is 0 Å². The zero-order chi connectivity index (χ0) is 13.0. The van der Waals surface area contributed by atoms with Gasteiger partial charge >= 0.3 is 0 Å². The highest BCUT2D eigenvalue weighted by Crippen LogP contribution is 2.10. The molecular weight excluding hydrogens is 268 g/mol.